The predicted octanol–water partition coefficient (Wildman–Crippen LogP) is 7.59. The van der Waals surface area contributed by atoms with Crippen LogP contribution in [0.2, 0.25) is 0 Å². The number of nitrogens with zero attached hydrogens (tertiary/aromatic N) is 2. The number of aryl methyl sites for hydroxylation is 2. The Morgan fingerprint density at radius 1 is 1.18 bits per heavy atom. The van der Waals surface area contributed by atoms with Crippen LogP contribution in [0.1, 0.15) is 82.9 Å². The van der Waals surface area contributed by atoms with E-state index in [2.05, 4.69) is 53.9 Å². The molecule has 1 spiro atoms. The number of rotatable bonds is 8. The number of carbonyl (C=O) groups excluding carboxylic acids is 2. The fraction of sp³-hybridized carbons (Fsp3) is 0.556. The van der Waals surface area contributed by atoms with Crippen molar-refractivity contribution in [3.05, 3.63) is 65.2 Å². The van der Waals surface area contributed by atoms with Crippen LogP contribution in [0.15, 0.2) is 53.4 Å². The summed E-state index contributed by atoms with van der Waals surface area (Å²) in [6.07, 6.45) is 11.9. The van der Waals surface area contributed by atoms with E-state index in [9.17, 15) is 9.59 Å². The standard InChI is InChI=1S/C36H49N3O4S/c1-25-15-17-30-28(21-25)14-10-19-36(30)23-38(6)31-22-29(16-18-32(31)42-24-36)44-37-33(40)26(2)39(34(41)43-35(3,4)5)20-8-7-11-27-12-9-13-27/h7-8,15-18,21-22,26-27H,9-14,19-20,23-24H2,1-6H3,(H,37,40)/b8-7-/t26?,36-/m0/s1. The molecule has 0 bridgehead atoms. The molecule has 44 heavy (non-hydrogen) atoms. The van der Waals surface area contributed by atoms with Crippen LogP contribution in [0.5, 0.6) is 5.75 Å². The predicted molar refractivity (Wildman–Crippen MR) is 179 cm³/mol. The summed E-state index contributed by atoms with van der Waals surface area (Å²) in [6, 6.07) is 12.2. The van der Waals surface area contributed by atoms with Gasteiger partial charge in [0.2, 0.25) is 0 Å². The van der Waals surface area contributed by atoms with E-state index < -0.39 is 17.7 Å². The summed E-state index contributed by atoms with van der Waals surface area (Å²) < 4.78 is 15.1. The fourth-order valence-electron chi connectivity index (χ4n) is 6.55. The fourth-order valence-corrected chi connectivity index (χ4v) is 7.24. The maximum atomic E-state index is 13.3. The molecule has 1 fully saturated rings. The van der Waals surface area contributed by atoms with Crippen molar-refractivity contribution in [3.63, 3.8) is 0 Å². The first-order chi connectivity index (χ1) is 20.9. The molecule has 1 saturated carbocycles. The highest BCUT2D eigenvalue weighted by atomic mass is 32.2. The Bertz CT molecular complexity index is 1380. The minimum Gasteiger partial charge on any atom is -0.490 e. The molecule has 3 aliphatic rings. The molecule has 8 heteroatoms. The van der Waals surface area contributed by atoms with Crippen molar-refractivity contribution in [1.82, 2.24) is 9.62 Å². The van der Waals surface area contributed by atoms with E-state index in [0.717, 1.165) is 54.5 Å². The maximum absolute atomic E-state index is 13.3. The number of hydrogen-bond donors (Lipinski definition) is 1. The summed E-state index contributed by atoms with van der Waals surface area (Å²) in [4.78, 5) is 31.1. The molecule has 1 N–H and O–H groups in total. The van der Waals surface area contributed by atoms with Crippen LogP contribution in [0.4, 0.5) is 10.5 Å². The largest absolute Gasteiger partial charge is 0.490 e. The average molecular weight is 620 g/mol. The molecule has 0 aromatic heterocycles. The van der Waals surface area contributed by atoms with Gasteiger partial charge in [0.15, 0.2) is 0 Å². The van der Waals surface area contributed by atoms with Gasteiger partial charge in [0.05, 0.1) is 12.3 Å². The van der Waals surface area contributed by atoms with E-state index in [1.165, 1.54) is 52.8 Å². The van der Waals surface area contributed by atoms with Crippen LogP contribution >= 0.6 is 11.9 Å². The van der Waals surface area contributed by atoms with E-state index >= 15 is 0 Å². The molecule has 2 aromatic carbocycles. The molecular weight excluding hydrogens is 570 g/mol. The number of hydrogen-bond acceptors (Lipinski definition) is 6. The van der Waals surface area contributed by atoms with Crippen molar-refractivity contribution in [1.29, 1.82) is 0 Å². The first-order valence-corrected chi connectivity index (χ1v) is 17.0. The van der Waals surface area contributed by atoms with Gasteiger partial charge in [-0.25, -0.2) is 4.79 Å². The quantitative estimate of drug-likeness (QED) is 0.243. The molecule has 2 aromatic rings. The maximum Gasteiger partial charge on any atom is 0.411 e. The molecule has 2 atom stereocenters. The second kappa shape index (κ2) is 13.5. The Kier molecular flexibility index (Phi) is 9.88. The lowest BCUT2D eigenvalue weighted by Crippen LogP contribution is -2.48. The number of likely N-dealkylation sites (N-methyl/N-ethyl adjacent to an activating group) is 1. The number of nitrogens with one attached hydrogen (secondary N) is 1. The molecule has 0 radical (unpaired) electrons. The van der Waals surface area contributed by atoms with Gasteiger partial charge < -0.3 is 14.4 Å². The Labute approximate surface area is 267 Å². The Morgan fingerprint density at radius 3 is 2.70 bits per heavy atom. The summed E-state index contributed by atoms with van der Waals surface area (Å²) >= 11 is 1.26. The number of ether oxygens (including phenoxy) is 2. The summed E-state index contributed by atoms with van der Waals surface area (Å²) in [5.41, 5.74) is 4.48. The number of anilines is 1. The highest BCUT2D eigenvalue weighted by Crippen LogP contribution is 2.44. The third-order valence-corrected chi connectivity index (χ3v) is 10.0. The normalized spacial score (nSPS) is 20.6. The van der Waals surface area contributed by atoms with Crippen molar-refractivity contribution < 1.29 is 19.1 Å². The zero-order valence-corrected chi connectivity index (χ0v) is 28.1. The SMILES string of the molecule is Cc1ccc2c(c1)CCC[C@]21COc2ccc(SNC(=O)C(C)N(C/C=C\CC3CCC3)C(=O)OC(C)(C)C)cc2N(C)C1. The van der Waals surface area contributed by atoms with Crippen LogP contribution in [-0.2, 0) is 21.4 Å². The average Bonchev–Trinajstić information content (AvgIpc) is 3.07. The molecule has 1 unspecified atom stereocenters. The minimum atomic E-state index is -0.701. The van der Waals surface area contributed by atoms with Gasteiger partial charge in [-0.15, -0.1) is 0 Å². The highest BCUT2D eigenvalue weighted by Gasteiger charge is 2.41. The van der Waals surface area contributed by atoms with Crippen LogP contribution in [0.25, 0.3) is 0 Å². The third kappa shape index (κ3) is 7.56. The Balaban J connectivity index is 1.24. The lowest BCUT2D eigenvalue weighted by molar-refractivity contribution is -0.123. The molecule has 1 heterocycles. The molecule has 238 valence electrons. The van der Waals surface area contributed by atoms with Crippen LogP contribution < -0.4 is 14.4 Å². The monoisotopic (exact) mass is 619 g/mol. The summed E-state index contributed by atoms with van der Waals surface area (Å²) in [5, 5.41) is 0. The lowest BCUT2D eigenvalue weighted by atomic mass is 9.70. The molecule has 7 nitrogen and oxygen atoms in total. The van der Waals surface area contributed by atoms with Gasteiger partial charge in [-0.05, 0) is 107 Å². The highest BCUT2D eigenvalue weighted by molar-refractivity contribution is 7.98. The molecule has 5 rings (SSSR count). The minimum absolute atomic E-state index is 0.0521. The van der Waals surface area contributed by atoms with Crippen LogP contribution in [-0.4, -0.2) is 55.3 Å². The first kappa shape index (κ1) is 32.3. The smallest absolute Gasteiger partial charge is 0.411 e. The zero-order chi connectivity index (χ0) is 31.5. The van der Waals surface area contributed by atoms with Crippen molar-refractivity contribution >= 4 is 29.6 Å². The molecular formula is C36H49N3O4S. The lowest BCUT2D eigenvalue weighted by Gasteiger charge is -2.40. The summed E-state index contributed by atoms with van der Waals surface area (Å²) in [7, 11) is 2.13. The number of carbonyl (C=O) groups is 2. The third-order valence-electron chi connectivity index (χ3n) is 9.23. The summed E-state index contributed by atoms with van der Waals surface area (Å²) in [5.74, 6) is 1.36. The van der Waals surface area contributed by atoms with E-state index in [1.807, 2.05) is 39.0 Å². The molecule has 0 saturated heterocycles. The van der Waals surface area contributed by atoms with E-state index in [4.69, 9.17) is 9.47 Å². The van der Waals surface area contributed by atoms with Gasteiger partial charge in [-0.3, -0.25) is 14.4 Å². The second-order valence-corrected chi connectivity index (χ2v) is 14.8. The number of benzene rings is 2. The van der Waals surface area contributed by atoms with E-state index in [1.54, 1.807) is 6.92 Å². The summed E-state index contributed by atoms with van der Waals surface area (Å²) in [6.45, 7) is 11.3. The van der Waals surface area contributed by atoms with Crippen molar-refractivity contribution in [3.8, 4) is 5.75 Å². The van der Waals surface area contributed by atoms with Gasteiger partial charge in [0.25, 0.3) is 5.91 Å². The molecule has 2 aliphatic carbocycles. The van der Waals surface area contributed by atoms with Crippen molar-refractivity contribution in [2.24, 2.45) is 5.92 Å². The van der Waals surface area contributed by atoms with Crippen LogP contribution in [0, 0.1) is 12.8 Å². The zero-order valence-electron chi connectivity index (χ0n) is 27.3. The second-order valence-electron chi connectivity index (χ2n) is 13.9. The van der Waals surface area contributed by atoms with Crippen molar-refractivity contribution in [2.45, 2.75) is 102 Å². The van der Waals surface area contributed by atoms with Gasteiger partial charge in [0.1, 0.15) is 17.4 Å². The van der Waals surface area contributed by atoms with Crippen molar-refractivity contribution in [2.75, 3.05) is 31.6 Å². The Morgan fingerprint density at radius 2 is 1.98 bits per heavy atom. The number of amides is 2. The molecule has 2 amide bonds. The van der Waals surface area contributed by atoms with Gasteiger partial charge in [0, 0.05) is 30.4 Å². The molecule has 1 aliphatic heterocycles. The number of fused-ring (bicyclic) bond motifs is 3. The van der Waals surface area contributed by atoms with E-state index in [0.29, 0.717) is 13.2 Å². The Hall–Kier alpha value is -3.13. The van der Waals surface area contributed by atoms with Crippen LogP contribution in [0.3, 0.4) is 0 Å². The first-order valence-electron chi connectivity index (χ1n) is 16.1. The van der Waals surface area contributed by atoms with Gasteiger partial charge >= 0.3 is 6.09 Å². The topological polar surface area (TPSA) is 71.1 Å². The number of allylic oxidation sites excluding steroid dienone is 1. The van der Waals surface area contributed by atoms with Gasteiger partial charge in [-0.1, -0.05) is 55.2 Å². The van der Waals surface area contributed by atoms with E-state index in [-0.39, 0.29) is 11.3 Å². The van der Waals surface area contributed by atoms with Gasteiger partial charge in [-0.2, -0.15) is 0 Å².